The molecule has 0 aromatic heterocycles. The normalized spacial score (nSPS) is 20.1. The van der Waals surface area contributed by atoms with Crippen molar-refractivity contribution in [2.45, 2.75) is 0 Å². The average Bonchev–Trinajstić information content (AvgIpc) is 2.68. The molecule has 0 bridgehead atoms. The number of benzene rings is 1. The van der Waals surface area contributed by atoms with E-state index in [0.717, 1.165) is 0 Å². The van der Waals surface area contributed by atoms with Gasteiger partial charge in [0, 0.05) is 57.0 Å². The maximum absolute atomic E-state index is 12.6. The minimum atomic E-state index is -3.56. The quantitative estimate of drug-likeness (QED) is 0.530. The zero-order valence-corrected chi connectivity index (χ0v) is 14.9. The zero-order valence-electron chi connectivity index (χ0n) is 14.1. The van der Waals surface area contributed by atoms with Crippen LogP contribution in [0, 0.1) is 10.1 Å². The fourth-order valence-corrected chi connectivity index (χ4v) is 4.56. The molecule has 0 unspecified atom stereocenters. The highest BCUT2D eigenvalue weighted by Crippen LogP contribution is 2.18. The summed E-state index contributed by atoms with van der Waals surface area (Å²) in [7, 11) is -3.56. The van der Waals surface area contributed by atoms with Crippen molar-refractivity contribution in [2.75, 3.05) is 52.5 Å². The molecule has 26 heavy (non-hydrogen) atoms. The number of rotatable bonds is 4. The first-order valence-electron chi connectivity index (χ1n) is 8.26. The van der Waals surface area contributed by atoms with Crippen LogP contribution in [0.5, 0.6) is 0 Å². The summed E-state index contributed by atoms with van der Waals surface area (Å²) in [5.41, 5.74) is 0.0769. The van der Waals surface area contributed by atoms with Crippen molar-refractivity contribution in [3.63, 3.8) is 0 Å². The number of morpholine rings is 1. The van der Waals surface area contributed by atoms with E-state index in [-0.39, 0.29) is 43.3 Å². The fourth-order valence-electron chi connectivity index (χ4n) is 3.00. The number of amides is 1. The summed E-state index contributed by atoms with van der Waals surface area (Å²) in [5, 5.41) is 10.8. The molecule has 0 radical (unpaired) electrons. The van der Waals surface area contributed by atoms with Crippen LogP contribution in [0.25, 0.3) is 0 Å². The van der Waals surface area contributed by atoms with Crippen LogP contribution in [0.2, 0.25) is 0 Å². The lowest BCUT2D eigenvalue weighted by Gasteiger charge is -2.37. The number of non-ortho nitro benzene ring substituents is 1. The van der Waals surface area contributed by atoms with Gasteiger partial charge >= 0.3 is 0 Å². The van der Waals surface area contributed by atoms with E-state index in [9.17, 15) is 23.3 Å². The number of nitrogens with zero attached hydrogens (tertiary/aromatic N) is 4. The van der Waals surface area contributed by atoms with Crippen LogP contribution in [0.4, 0.5) is 5.69 Å². The highest BCUT2D eigenvalue weighted by molar-refractivity contribution is 7.86. The number of hydrogen-bond donors (Lipinski definition) is 0. The number of hydrogen-bond acceptors (Lipinski definition) is 6. The summed E-state index contributed by atoms with van der Waals surface area (Å²) in [6.45, 7) is 2.29. The number of carbonyl (C=O) groups excluding carboxylic acids is 1. The minimum absolute atomic E-state index is 0.149. The number of carbonyl (C=O) groups is 1. The molecule has 0 aliphatic carbocycles. The Kier molecular flexibility index (Phi) is 5.51. The molecule has 3 rings (SSSR count). The SMILES string of the molecule is O=C(c1cccc([N+](=O)[O-])c1)N1CCN(S(=O)(=O)N2CCOCC2)CC1. The monoisotopic (exact) mass is 384 g/mol. The maximum atomic E-state index is 12.6. The molecular weight excluding hydrogens is 364 g/mol. The summed E-state index contributed by atoms with van der Waals surface area (Å²) in [6.07, 6.45) is 0. The van der Waals surface area contributed by atoms with Crippen LogP contribution in [-0.2, 0) is 14.9 Å². The van der Waals surface area contributed by atoms with Crippen LogP contribution in [0.15, 0.2) is 24.3 Å². The van der Waals surface area contributed by atoms with Crippen LogP contribution in [0.3, 0.4) is 0 Å². The molecule has 0 saturated carbocycles. The maximum Gasteiger partial charge on any atom is 0.282 e. The second kappa shape index (κ2) is 7.66. The highest BCUT2D eigenvalue weighted by Gasteiger charge is 2.34. The number of piperazine rings is 1. The van der Waals surface area contributed by atoms with Gasteiger partial charge in [-0.25, -0.2) is 0 Å². The Morgan fingerprint density at radius 1 is 1.04 bits per heavy atom. The van der Waals surface area contributed by atoms with Gasteiger partial charge in [0.1, 0.15) is 0 Å². The smallest absolute Gasteiger partial charge is 0.282 e. The van der Waals surface area contributed by atoms with Crippen molar-refractivity contribution < 1.29 is 22.9 Å². The highest BCUT2D eigenvalue weighted by atomic mass is 32.2. The van der Waals surface area contributed by atoms with E-state index in [2.05, 4.69) is 0 Å². The van der Waals surface area contributed by atoms with Gasteiger partial charge in [-0.1, -0.05) is 6.07 Å². The van der Waals surface area contributed by atoms with Crippen molar-refractivity contribution in [3.8, 4) is 0 Å². The third kappa shape index (κ3) is 3.85. The van der Waals surface area contributed by atoms with E-state index in [1.807, 2.05) is 0 Å². The molecule has 1 aromatic carbocycles. The van der Waals surface area contributed by atoms with Gasteiger partial charge in [-0.2, -0.15) is 17.0 Å². The Labute approximate surface area is 151 Å². The van der Waals surface area contributed by atoms with E-state index in [1.54, 1.807) is 0 Å². The molecule has 11 heteroatoms. The topological polar surface area (TPSA) is 113 Å². The molecule has 2 heterocycles. The molecule has 0 N–H and O–H groups in total. The van der Waals surface area contributed by atoms with Crippen molar-refractivity contribution >= 4 is 21.8 Å². The lowest BCUT2D eigenvalue weighted by Crippen LogP contribution is -2.55. The zero-order chi connectivity index (χ0) is 18.7. The van der Waals surface area contributed by atoms with Gasteiger partial charge in [-0.15, -0.1) is 0 Å². The van der Waals surface area contributed by atoms with Gasteiger partial charge in [0.25, 0.3) is 21.8 Å². The molecule has 1 aromatic rings. The molecule has 2 fully saturated rings. The number of nitro groups is 1. The second-order valence-electron chi connectivity index (χ2n) is 6.02. The Morgan fingerprint density at radius 3 is 2.27 bits per heavy atom. The molecule has 2 aliphatic heterocycles. The Morgan fingerprint density at radius 2 is 1.65 bits per heavy atom. The Bertz CT molecular complexity index is 785. The molecule has 0 spiro atoms. The summed E-state index contributed by atoms with van der Waals surface area (Å²) < 4.78 is 33.2. The van der Waals surface area contributed by atoms with E-state index in [0.29, 0.717) is 26.3 Å². The lowest BCUT2D eigenvalue weighted by molar-refractivity contribution is -0.384. The summed E-state index contributed by atoms with van der Waals surface area (Å²) >= 11 is 0. The predicted molar refractivity (Wildman–Crippen MR) is 91.9 cm³/mol. The van der Waals surface area contributed by atoms with Gasteiger partial charge in [-0.05, 0) is 6.07 Å². The molecule has 10 nitrogen and oxygen atoms in total. The van der Waals surface area contributed by atoms with Crippen molar-refractivity contribution in [1.82, 2.24) is 13.5 Å². The molecule has 2 aliphatic rings. The van der Waals surface area contributed by atoms with Crippen LogP contribution in [-0.4, -0.2) is 85.2 Å². The van der Waals surface area contributed by atoms with E-state index in [4.69, 9.17) is 4.74 Å². The van der Waals surface area contributed by atoms with Crippen molar-refractivity contribution in [2.24, 2.45) is 0 Å². The first-order chi connectivity index (χ1) is 12.4. The third-order valence-corrected chi connectivity index (χ3v) is 6.49. The minimum Gasteiger partial charge on any atom is -0.379 e. The predicted octanol–water partition coefficient (Wildman–Crippen LogP) is -0.0704. The lowest BCUT2D eigenvalue weighted by atomic mass is 10.1. The molecule has 142 valence electrons. The Hall–Kier alpha value is -2.08. The van der Waals surface area contributed by atoms with E-state index < -0.39 is 15.1 Å². The summed E-state index contributed by atoms with van der Waals surface area (Å²) in [6, 6.07) is 5.54. The molecule has 0 atom stereocenters. The second-order valence-corrected chi connectivity index (χ2v) is 7.95. The third-order valence-electron chi connectivity index (χ3n) is 4.45. The van der Waals surface area contributed by atoms with Gasteiger partial charge in [0.15, 0.2) is 0 Å². The van der Waals surface area contributed by atoms with E-state index in [1.165, 1.54) is 37.8 Å². The number of nitro benzene ring substituents is 1. The van der Waals surface area contributed by atoms with E-state index >= 15 is 0 Å². The summed E-state index contributed by atoms with van der Waals surface area (Å²) in [4.78, 5) is 24.4. The molecular formula is C15H20N4O6S. The van der Waals surface area contributed by atoms with Crippen LogP contribution >= 0.6 is 0 Å². The fraction of sp³-hybridized carbons (Fsp3) is 0.533. The van der Waals surface area contributed by atoms with Crippen LogP contribution in [0.1, 0.15) is 10.4 Å². The summed E-state index contributed by atoms with van der Waals surface area (Å²) in [5.74, 6) is -0.336. The van der Waals surface area contributed by atoms with Gasteiger partial charge in [-0.3, -0.25) is 14.9 Å². The molecule has 2 saturated heterocycles. The first kappa shape index (κ1) is 18.7. The first-order valence-corrected chi connectivity index (χ1v) is 9.66. The van der Waals surface area contributed by atoms with Gasteiger partial charge < -0.3 is 9.64 Å². The molecule has 1 amide bonds. The van der Waals surface area contributed by atoms with Gasteiger partial charge in [0.2, 0.25) is 0 Å². The van der Waals surface area contributed by atoms with Gasteiger partial charge in [0.05, 0.1) is 18.1 Å². The van der Waals surface area contributed by atoms with Crippen molar-refractivity contribution in [1.29, 1.82) is 0 Å². The largest absolute Gasteiger partial charge is 0.379 e. The van der Waals surface area contributed by atoms with Crippen LogP contribution < -0.4 is 0 Å². The standard InChI is InChI=1S/C15H20N4O6S/c20-15(13-2-1-3-14(12-13)19(21)22)16-4-6-17(7-5-16)26(23,24)18-8-10-25-11-9-18/h1-3,12H,4-11H2. The number of ether oxygens (including phenoxy) is 1. The Balaban J connectivity index is 1.63. The average molecular weight is 384 g/mol. The van der Waals surface area contributed by atoms with Crippen molar-refractivity contribution in [3.05, 3.63) is 39.9 Å².